The summed E-state index contributed by atoms with van der Waals surface area (Å²) in [6.45, 7) is 0. The number of hydrogen-bond donors (Lipinski definition) is 2. The molecule has 0 aliphatic heterocycles. The van der Waals surface area contributed by atoms with Crippen LogP contribution in [0, 0.1) is 0 Å². The van der Waals surface area contributed by atoms with Crippen LogP contribution in [-0.2, 0) is 10.0 Å². The zero-order valence-corrected chi connectivity index (χ0v) is 9.54. The molecule has 14 heavy (non-hydrogen) atoms. The van der Waals surface area contributed by atoms with Crippen molar-refractivity contribution in [1.82, 2.24) is 4.72 Å². The molecule has 78 valence electrons. The zero-order valence-electron chi connectivity index (χ0n) is 7.21. The van der Waals surface area contributed by atoms with Crippen LogP contribution < -0.4 is 10.5 Å². The van der Waals surface area contributed by atoms with E-state index in [0.29, 0.717) is 5.02 Å². The Morgan fingerprint density at radius 3 is 2.36 bits per heavy atom. The van der Waals surface area contributed by atoms with E-state index in [9.17, 15) is 8.42 Å². The molecular formula is C7H8Cl2N2O2S. The molecule has 0 saturated carbocycles. The summed E-state index contributed by atoms with van der Waals surface area (Å²) in [5.41, 5.74) is 5.52. The lowest BCUT2D eigenvalue weighted by Crippen LogP contribution is -2.20. The minimum Gasteiger partial charge on any atom is -0.398 e. The summed E-state index contributed by atoms with van der Waals surface area (Å²) in [5, 5.41) is 0.298. The Morgan fingerprint density at radius 1 is 1.36 bits per heavy atom. The molecule has 0 radical (unpaired) electrons. The quantitative estimate of drug-likeness (QED) is 0.786. The molecule has 0 atom stereocenters. The van der Waals surface area contributed by atoms with Crippen molar-refractivity contribution in [1.29, 1.82) is 0 Å². The van der Waals surface area contributed by atoms with E-state index in [4.69, 9.17) is 28.9 Å². The number of benzene rings is 1. The lowest BCUT2D eigenvalue weighted by atomic mass is 10.3. The predicted molar refractivity (Wildman–Crippen MR) is 57.1 cm³/mol. The van der Waals surface area contributed by atoms with E-state index in [1.54, 1.807) is 0 Å². The number of nitrogens with two attached hydrogens (primary N) is 1. The van der Waals surface area contributed by atoms with Crippen molar-refractivity contribution in [3.8, 4) is 0 Å². The first-order valence-electron chi connectivity index (χ1n) is 3.56. The van der Waals surface area contributed by atoms with Crippen molar-refractivity contribution in [2.45, 2.75) is 4.90 Å². The second kappa shape index (κ2) is 3.94. The lowest BCUT2D eigenvalue weighted by molar-refractivity contribution is 0.589. The third-order valence-corrected chi connectivity index (χ3v) is 3.73. The van der Waals surface area contributed by atoms with Crippen molar-refractivity contribution >= 4 is 38.9 Å². The van der Waals surface area contributed by atoms with E-state index in [0.717, 1.165) is 0 Å². The number of anilines is 1. The molecule has 0 fully saturated rings. The molecular weight excluding hydrogens is 247 g/mol. The molecule has 0 aromatic heterocycles. The molecule has 0 bridgehead atoms. The van der Waals surface area contributed by atoms with Crippen LogP contribution >= 0.6 is 23.2 Å². The second-order valence-corrected chi connectivity index (χ2v) is 5.18. The zero-order chi connectivity index (χ0) is 10.9. The van der Waals surface area contributed by atoms with Gasteiger partial charge in [-0.05, 0) is 19.2 Å². The molecule has 0 saturated heterocycles. The lowest BCUT2D eigenvalue weighted by Gasteiger charge is -2.08. The van der Waals surface area contributed by atoms with E-state index in [2.05, 4.69) is 4.72 Å². The highest BCUT2D eigenvalue weighted by molar-refractivity contribution is 7.89. The van der Waals surface area contributed by atoms with Crippen molar-refractivity contribution < 1.29 is 8.42 Å². The minimum absolute atomic E-state index is 0.00403. The van der Waals surface area contributed by atoms with E-state index in [-0.39, 0.29) is 15.6 Å². The van der Waals surface area contributed by atoms with Gasteiger partial charge in [-0.1, -0.05) is 23.2 Å². The summed E-state index contributed by atoms with van der Waals surface area (Å²) in [5.74, 6) is 0. The summed E-state index contributed by atoms with van der Waals surface area (Å²) in [6.07, 6.45) is 0. The van der Waals surface area contributed by atoms with Crippen molar-refractivity contribution in [2.75, 3.05) is 12.8 Å². The van der Waals surface area contributed by atoms with Gasteiger partial charge in [-0.15, -0.1) is 0 Å². The fraction of sp³-hybridized carbons (Fsp3) is 0.143. The van der Waals surface area contributed by atoms with E-state index in [1.165, 1.54) is 19.2 Å². The summed E-state index contributed by atoms with van der Waals surface area (Å²) in [7, 11) is -2.36. The standard InChI is InChI=1S/C7H8Cl2N2O2S/c1-11-14(12,13)7-5(9)2-4(8)3-6(7)10/h2-3,11H,10H2,1H3. The van der Waals surface area contributed by atoms with Gasteiger partial charge in [-0.25, -0.2) is 13.1 Å². The first-order chi connectivity index (χ1) is 6.38. The summed E-state index contributed by atoms with van der Waals surface area (Å²) in [6, 6.07) is 2.65. The van der Waals surface area contributed by atoms with E-state index < -0.39 is 10.0 Å². The van der Waals surface area contributed by atoms with Crippen LogP contribution in [0.2, 0.25) is 10.0 Å². The number of nitrogen functional groups attached to an aromatic ring is 1. The highest BCUT2D eigenvalue weighted by Crippen LogP contribution is 2.30. The van der Waals surface area contributed by atoms with Crippen LogP contribution in [0.1, 0.15) is 0 Å². The summed E-state index contributed by atoms with van der Waals surface area (Å²) >= 11 is 11.4. The minimum atomic E-state index is -3.64. The Labute approximate surface area is 92.1 Å². The van der Waals surface area contributed by atoms with Gasteiger partial charge in [0.05, 0.1) is 10.7 Å². The highest BCUT2D eigenvalue weighted by Gasteiger charge is 2.19. The third kappa shape index (κ3) is 2.12. The van der Waals surface area contributed by atoms with E-state index >= 15 is 0 Å². The molecule has 1 rings (SSSR count). The average molecular weight is 255 g/mol. The number of nitrogens with one attached hydrogen (secondary N) is 1. The van der Waals surface area contributed by atoms with Gasteiger partial charge in [0.2, 0.25) is 10.0 Å². The molecule has 1 aromatic rings. The van der Waals surface area contributed by atoms with Crippen molar-refractivity contribution in [3.63, 3.8) is 0 Å². The Hall–Kier alpha value is -0.490. The fourth-order valence-electron chi connectivity index (χ4n) is 0.966. The third-order valence-electron chi connectivity index (χ3n) is 1.57. The van der Waals surface area contributed by atoms with Gasteiger partial charge in [0.25, 0.3) is 0 Å². The summed E-state index contributed by atoms with van der Waals surface area (Å²) < 4.78 is 25.0. The predicted octanol–water partition coefficient (Wildman–Crippen LogP) is 1.48. The second-order valence-electron chi connectivity index (χ2n) is 2.51. The number of hydrogen-bond acceptors (Lipinski definition) is 3. The van der Waals surface area contributed by atoms with Crippen molar-refractivity contribution in [3.05, 3.63) is 22.2 Å². The van der Waals surface area contributed by atoms with Gasteiger partial charge in [0.1, 0.15) is 4.90 Å². The maximum Gasteiger partial charge on any atom is 0.243 e. The molecule has 0 aliphatic carbocycles. The van der Waals surface area contributed by atoms with Crippen LogP contribution in [0.4, 0.5) is 5.69 Å². The average Bonchev–Trinajstić information content (AvgIpc) is 2.01. The molecule has 7 heteroatoms. The van der Waals surface area contributed by atoms with Gasteiger partial charge < -0.3 is 5.73 Å². The molecule has 0 spiro atoms. The van der Waals surface area contributed by atoms with Gasteiger partial charge in [-0.3, -0.25) is 0 Å². The summed E-state index contributed by atoms with van der Waals surface area (Å²) in [4.78, 5) is -0.147. The molecule has 0 unspecified atom stereocenters. The SMILES string of the molecule is CNS(=O)(=O)c1c(N)cc(Cl)cc1Cl. The number of halogens is 2. The molecule has 0 aliphatic rings. The fourth-order valence-corrected chi connectivity index (χ4v) is 2.67. The Kier molecular flexibility index (Phi) is 3.26. The monoisotopic (exact) mass is 254 g/mol. The van der Waals surface area contributed by atoms with Crippen LogP contribution in [0.15, 0.2) is 17.0 Å². The van der Waals surface area contributed by atoms with Gasteiger partial charge in [-0.2, -0.15) is 0 Å². The normalized spacial score (nSPS) is 11.6. The largest absolute Gasteiger partial charge is 0.398 e. The highest BCUT2D eigenvalue weighted by atomic mass is 35.5. The van der Waals surface area contributed by atoms with Crippen molar-refractivity contribution in [2.24, 2.45) is 0 Å². The first kappa shape index (κ1) is 11.6. The molecule has 4 nitrogen and oxygen atoms in total. The molecule has 3 N–H and O–H groups in total. The van der Waals surface area contributed by atoms with Crippen LogP contribution in [-0.4, -0.2) is 15.5 Å². The first-order valence-corrected chi connectivity index (χ1v) is 5.80. The number of sulfonamides is 1. The topological polar surface area (TPSA) is 72.2 Å². The number of rotatable bonds is 2. The molecule has 0 amide bonds. The Balaban J connectivity index is 3.51. The maximum atomic E-state index is 11.4. The van der Waals surface area contributed by atoms with Crippen LogP contribution in [0.3, 0.4) is 0 Å². The van der Waals surface area contributed by atoms with Crippen LogP contribution in [0.25, 0.3) is 0 Å². The van der Waals surface area contributed by atoms with Crippen LogP contribution in [0.5, 0.6) is 0 Å². The Morgan fingerprint density at radius 2 is 1.93 bits per heavy atom. The van der Waals surface area contributed by atoms with E-state index in [1.807, 2.05) is 0 Å². The van der Waals surface area contributed by atoms with Gasteiger partial charge in [0.15, 0.2) is 0 Å². The van der Waals surface area contributed by atoms with Gasteiger partial charge in [0, 0.05) is 5.02 Å². The molecule has 0 heterocycles. The maximum absolute atomic E-state index is 11.4. The van der Waals surface area contributed by atoms with Gasteiger partial charge >= 0.3 is 0 Å². The molecule has 1 aromatic carbocycles. The Bertz CT molecular complexity index is 436. The smallest absolute Gasteiger partial charge is 0.243 e.